The van der Waals surface area contributed by atoms with E-state index in [4.69, 9.17) is 11.6 Å². The average Bonchev–Trinajstić information content (AvgIpc) is 2.36. The highest BCUT2D eigenvalue weighted by Gasteiger charge is 2.02. The zero-order valence-corrected chi connectivity index (χ0v) is 10.2. The Bertz CT molecular complexity index is 232. The van der Waals surface area contributed by atoms with Crippen molar-refractivity contribution in [2.75, 3.05) is 0 Å². The number of thiophene rings is 1. The minimum atomic E-state index is 0.309. The molecule has 0 N–H and O–H groups in total. The zero-order valence-electron chi connectivity index (χ0n) is 7.02. The first kappa shape index (κ1) is 10.6. The summed E-state index contributed by atoms with van der Waals surface area (Å²) in [6.07, 6.45) is 3.44. The minimum Gasteiger partial charge on any atom is -0.148 e. The van der Waals surface area contributed by atoms with Gasteiger partial charge in [-0.05, 0) is 53.6 Å². The third-order valence-electron chi connectivity index (χ3n) is 1.70. The molecule has 0 aromatic carbocycles. The molecular formula is C9H12BrClS. The topological polar surface area (TPSA) is 0 Å². The lowest BCUT2D eigenvalue weighted by Gasteiger charge is -2.01. The Kier molecular flexibility index (Phi) is 4.62. The molecule has 0 saturated carbocycles. The van der Waals surface area contributed by atoms with Gasteiger partial charge in [-0.2, -0.15) is 0 Å². The van der Waals surface area contributed by atoms with Crippen LogP contribution in [-0.4, -0.2) is 5.38 Å². The molecule has 1 atom stereocenters. The van der Waals surface area contributed by atoms with Crippen molar-refractivity contribution in [1.82, 2.24) is 0 Å². The van der Waals surface area contributed by atoms with Crippen LogP contribution in [0.25, 0.3) is 0 Å². The zero-order chi connectivity index (χ0) is 8.97. The Hall–Kier alpha value is 0.470. The van der Waals surface area contributed by atoms with Crippen LogP contribution in [-0.2, 0) is 6.42 Å². The highest BCUT2D eigenvalue weighted by molar-refractivity contribution is 9.10. The molecule has 0 aliphatic heterocycles. The summed E-state index contributed by atoms with van der Waals surface area (Å²) < 4.78 is 1.25. The van der Waals surface area contributed by atoms with Crippen molar-refractivity contribution in [2.24, 2.45) is 0 Å². The number of alkyl halides is 1. The predicted molar refractivity (Wildman–Crippen MR) is 60.3 cm³/mol. The summed E-state index contributed by atoms with van der Waals surface area (Å²) in [5.41, 5.74) is 0. The number of halogens is 2. The van der Waals surface area contributed by atoms with Gasteiger partial charge < -0.3 is 0 Å². The van der Waals surface area contributed by atoms with E-state index >= 15 is 0 Å². The van der Waals surface area contributed by atoms with E-state index in [1.165, 1.54) is 15.8 Å². The second kappa shape index (κ2) is 5.25. The molecule has 0 nitrogen and oxygen atoms in total. The first-order valence-electron chi connectivity index (χ1n) is 4.06. The molecule has 3 heteroatoms. The second-order valence-electron chi connectivity index (χ2n) is 2.86. The first-order chi connectivity index (χ1) is 5.70. The smallest absolute Gasteiger partial charge is 0.0314 e. The van der Waals surface area contributed by atoms with Crippen molar-refractivity contribution in [3.05, 3.63) is 20.8 Å². The van der Waals surface area contributed by atoms with E-state index in [1.54, 1.807) is 0 Å². The normalized spacial score (nSPS) is 13.2. The Morgan fingerprint density at radius 1 is 1.67 bits per heavy atom. The van der Waals surface area contributed by atoms with Crippen LogP contribution in [0.5, 0.6) is 0 Å². The van der Waals surface area contributed by atoms with Gasteiger partial charge in [-0.3, -0.25) is 0 Å². The molecule has 0 aliphatic carbocycles. The van der Waals surface area contributed by atoms with Crippen LogP contribution in [0.3, 0.4) is 0 Å². The van der Waals surface area contributed by atoms with Crippen molar-refractivity contribution in [3.8, 4) is 0 Å². The number of aryl methyl sites for hydroxylation is 1. The molecule has 1 rings (SSSR count). The van der Waals surface area contributed by atoms with Crippen LogP contribution in [0.4, 0.5) is 0 Å². The lowest BCUT2D eigenvalue weighted by atomic mass is 10.2. The summed E-state index contributed by atoms with van der Waals surface area (Å²) >= 11 is 11.2. The largest absolute Gasteiger partial charge is 0.148 e. The van der Waals surface area contributed by atoms with Gasteiger partial charge in [0, 0.05) is 14.7 Å². The minimum absolute atomic E-state index is 0.309. The van der Waals surface area contributed by atoms with Gasteiger partial charge in [-0.1, -0.05) is 0 Å². The van der Waals surface area contributed by atoms with E-state index in [1.807, 2.05) is 18.3 Å². The summed E-state index contributed by atoms with van der Waals surface area (Å²) in [7, 11) is 0. The maximum absolute atomic E-state index is 5.85. The van der Waals surface area contributed by atoms with Crippen LogP contribution in [0.15, 0.2) is 15.9 Å². The Labute approximate surface area is 91.1 Å². The fraction of sp³-hybridized carbons (Fsp3) is 0.556. The van der Waals surface area contributed by atoms with Crippen molar-refractivity contribution in [1.29, 1.82) is 0 Å². The third-order valence-corrected chi connectivity index (χ3v) is 3.90. The van der Waals surface area contributed by atoms with Crippen LogP contribution in [0.1, 0.15) is 24.6 Å². The summed E-state index contributed by atoms with van der Waals surface area (Å²) in [5.74, 6) is 0. The molecule has 0 radical (unpaired) electrons. The van der Waals surface area contributed by atoms with Crippen LogP contribution in [0, 0.1) is 0 Å². The molecule has 0 bridgehead atoms. The summed E-state index contributed by atoms with van der Waals surface area (Å²) in [4.78, 5) is 1.44. The molecule has 68 valence electrons. The van der Waals surface area contributed by atoms with Crippen molar-refractivity contribution in [3.63, 3.8) is 0 Å². The van der Waals surface area contributed by atoms with Crippen molar-refractivity contribution in [2.45, 2.75) is 31.6 Å². The summed E-state index contributed by atoms with van der Waals surface area (Å²) in [5, 5.41) is 2.42. The molecule has 0 spiro atoms. The third kappa shape index (κ3) is 3.46. The van der Waals surface area contributed by atoms with Gasteiger partial charge in [0.1, 0.15) is 0 Å². The van der Waals surface area contributed by atoms with Gasteiger partial charge in [0.15, 0.2) is 0 Å². The second-order valence-corrected chi connectivity index (χ2v) is 5.46. The van der Waals surface area contributed by atoms with Crippen molar-refractivity contribution >= 4 is 38.9 Å². The van der Waals surface area contributed by atoms with E-state index in [0.29, 0.717) is 5.38 Å². The Morgan fingerprint density at radius 2 is 2.42 bits per heavy atom. The first-order valence-corrected chi connectivity index (χ1v) is 6.17. The molecule has 0 saturated heterocycles. The fourth-order valence-electron chi connectivity index (χ4n) is 1.05. The predicted octanol–water partition coefficient (Wildman–Crippen LogP) is 4.46. The van der Waals surface area contributed by atoms with E-state index in [2.05, 4.69) is 27.4 Å². The maximum atomic E-state index is 5.85. The molecule has 12 heavy (non-hydrogen) atoms. The lowest BCUT2D eigenvalue weighted by Crippen LogP contribution is -1.91. The summed E-state index contributed by atoms with van der Waals surface area (Å²) in [6.45, 7) is 2.05. The number of hydrogen-bond acceptors (Lipinski definition) is 1. The molecule has 1 aromatic rings. The van der Waals surface area contributed by atoms with Gasteiger partial charge in [-0.15, -0.1) is 22.9 Å². The monoisotopic (exact) mass is 266 g/mol. The van der Waals surface area contributed by atoms with Gasteiger partial charge in [0.05, 0.1) is 0 Å². The lowest BCUT2D eigenvalue weighted by molar-refractivity contribution is 0.728. The van der Waals surface area contributed by atoms with E-state index in [0.717, 1.165) is 12.8 Å². The number of rotatable bonds is 4. The molecule has 0 amide bonds. The Balaban J connectivity index is 2.29. The summed E-state index contributed by atoms with van der Waals surface area (Å²) in [6, 6.07) is 2.10. The van der Waals surface area contributed by atoms with Gasteiger partial charge >= 0.3 is 0 Å². The van der Waals surface area contributed by atoms with E-state index in [-0.39, 0.29) is 0 Å². The molecule has 1 unspecified atom stereocenters. The number of hydrogen-bond donors (Lipinski definition) is 0. The standard InChI is InChI=1S/C9H12BrClS/c1-7(11)3-2-4-9-8(10)5-6-12-9/h5-7H,2-4H2,1H3. The average molecular weight is 268 g/mol. The van der Waals surface area contributed by atoms with E-state index < -0.39 is 0 Å². The molecule has 1 aromatic heterocycles. The highest BCUT2D eigenvalue weighted by atomic mass is 79.9. The van der Waals surface area contributed by atoms with Gasteiger partial charge in [0.25, 0.3) is 0 Å². The highest BCUT2D eigenvalue weighted by Crippen LogP contribution is 2.24. The van der Waals surface area contributed by atoms with Crippen LogP contribution in [0.2, 0.25) is 0 Å². The van der Waals surface area contributed by atoms with E-state index in [9.17, 15) is 0 Å². The molecule has 1 heterocycles. The quantitative estimate of drug-likeness (QED) is 0.707. The van der Waals surface area contributed by atoms with Crippen molar-refractivity contribution < 1.29 is 0 Å². The fourth-order valence-corrected chi connectivity index (χ4v) is 2.80. The van der Waals surface area contributed by atoms with Gasteiger partial charge in [0.2, 0.25) is 0 Å². The molecule has 0 aliphatic rings. The maximum Gasteiger partial charge on any atom is 0.0314 e. The van der Waals surface area contributed by atoms with Gasteiger partial charge in [-0.25, -0.2) is 0 Å². The SMILES string of the molecule is CC(Cl)CCCc1sccc1Br. The molecular weight excluding hydrogens is 256 g/mol. The van der Waals surface area contributed by atoms with Crippen LogP contribution < -0.4 is 0 Å². The van der Waals surface area contributed by atoms with Crippen LogP contribution >= 0.6 is 38.9 Å². The Morgan fingerprint density at radius 3 is 2.92 bits per heavy atom. The molecule has 0 fully saturated rings.